The Bertz CT molecular complexity index is 1310. The van der Waals surface area contributed by atoms with E-state index in [4.69, 9.17) is 0 Å². The maximum Gasteiger partial charge on any atom is 0.133 e. The summed E-state index contributed by atoms with van der Waals surface area (Å²) >= 11 is 0. The van der Waals surface area contributed by atoms with Gasteiger partial charge in [-0.05, 0) is 159 Å². The van der Waals surface area contributed by atoms with Gasteiger partial charge in [-0.3, -0.25) is 4.79 Å². The standard InChI is InChI=1S/C45H60N2O/c1-3-17-42-19-25-44(26-20-42,27-21-42)39(33-46)31-37-9-5-35(6-10-37)13-15-41(48)16-14-36-7-11-38(12-8-36)32-40(34-47)45-28-22-43(18-4-2,23-29-45)24-30-45/h5-12,39-40H,3-4,13-32H2,1-2H3. The summed E-state index contributed by atoms with van der Waals surface area (Å²) in [6, 6.07) is 23.0. The zero-order valence-corrected chi connectivity index (χ0v) is 30.1. The van der Waals surface area contributed by atoms with Crippen molar-refractivity contribution in [2.24, 2.45) is 33.5 Å². The van der Waals surface area contributed by atoms with Crippen molar-refractivity contribution in [3.63, 3.8) is 0 Å². The number of hydrogen-bond acceptors (Lipinski definition) is 3. The van der Waals surface area contributed by atoms with Crippen LogP contribution in [0.1, 0.15) is 152 Å². The molecule has 2 aromatic rings. The van der Waals surface area contributed by atoms with E-state index in [1.807, 2.05) is 0 Å². The molecule has 256 valence electrons. The SMILES string of the molecule is CCCC12CCC(C(C#N)Cc3ccc(CCC(=O)CCc4ccc(CC(C#N)C56CCC(CCC)(CC5)CC6)cc4)cc3)(CC1)CC2. The summed E-state index contributed by atoms with van der Waals surface area (Å²) in [7, 11) is 0. The molecule has 6 aliphatic rings. The molecular formula is C45H60N2O. The molecule has 8 rings (SSSR count). The highest BCUT2D eigenvalue weighted by atomic mass is 16.1. The van der Waals surface area contributed by atoms with Crippen LogP contribution in [0.2, 0.25) is 0 Å². The van der Waals surface area contributed by atoms with Gasteiger partial charge in [0.05, 0.1) is 24.0 Å². The van der Waals surface area contributed by atoms with Crippen molar-refractivity contribution < 1.29 is 4.79 Å². The van der Waals surface area contributed by atoms with E-state index in [2.05, 4.69) is 74.5 Å². The molecule has 3 nitrogen and oxygen atoms in total. The number of rotatable bonds is 16. The Balaban J connectivity index is 0.929. The summed E-state index contributed by atoms with van der Waals surface area (Å²) in [4.78, 5) is 12.8. The fourth-order valence-corrected chi connectivity index (χ4v) is 11.1. The van der Waals surface area contributed by atoms with E-state index in [-0.39, 0.29) is 22.7 Å². The number of hydrogen-bond donors (Lipinski definition) is 0. The monoisotopic (exact) mass is 644 g/mol. The molecule has 6 saturated carbocycles. The molecule has 0 radical (unpaired) electrons. The molecule has 0 heterocycles. The fourth-order valence-electron chi connectivity index (χ4n) is 11.1. The van der Waals surface area contributed by atoms with Crippen LogP contribution < -0.4 is 0 Å². The van der Waals surface area contributed by atoms with E-state index in [9.17, 15) is 15.3 Å². The Morgan fingerprint density at radius 2 is 0.875 bits per heavy atom. The molecular weight excluding hydrogens is 585 g/mol. The van der Waals surface area contributed by atoms with Gasteiger partial charge in [0.15, 0.2) is 0 Å². The van der Waals surface area contributed by atoms with Gasteiger partial charge >= 0.3 is 0 Å². The van der Waals surface area contributed by atoms with Crippen molar-refractivity contribution in [2.45, 2.75) is 155 Å². The van der Waals surface area contributed by atoms with Gasteiger partial charge in [-0.2, -0.15) is 10.5 Å². The van der Waals surface area contributed by atoms with Gasteiger partial charge in [-0.25, -0.2) is 0 Å². The van der Waals surface area contributed by atoms with E-state index in [1.165, 1.54) is 125 Å². The summed E-state index contributed by atoms with van der Waals surface area (Å²) in [5.74, 6) is 0.533. The Kier molecular flexibility index (Phi) is 10.9. The molecule has 48 heavy (non-hydrogen) atoms. The third-order valence-electron chi connectivity index (χ3n) is 14.6. The molecule has 2 atom stereocenters. The van der Waals surface area contributed by atoms with Crippen molar-refractivity contribution >= 4 is 5.78 Å². The molecule has 4 bridgehead atoms. The zero-order chi connectivity index (χ0) is 33.7. The first-order valence-electron chi connectivity index (χ1n) is 19.8. The van der Waals surface area contributed by atoms with Crippen LogP contribution in [0.3, 0.4) is 0 Å². The van der Waals surface area contributed by atoms with Crippen LogP contribution in [-0.4, -0.2) is 5.78 Å². The van der Waals surface area contributed by atoms with Crippen LogP contribution in [0.4, 0.5) is 0 Å². The average Bonchev–Trinajstić information content (AvgIpc) is 3.13. The Hall–Kier alpha value is -2.91. The van der Waals surface area contributed by atoms with Crippen molar-refractivity contribution in [3.05, 3.63) is 70.8 Å². The molecule has 0 aliphatic heterocycles. The molecule has 0 N–H and O–H groups in total. The van der Waals surface area contributed by atoms with E-state index in [1.54, 1.807) is 0 Å². The normalized spacial score (nSPS) is 30.3. The van der Waals surface area contributed by atoms with Gasteiger partial charge in [-0.15, -0.1) is 0 Å². The lowest BCUT2D eigenvalue weighted by Gasteiger charge is -2.55. The summed E-state index contributed by atoms with van der Waals surface area (Å²) in [5.41, 5.74) is 6.55. The van der Waals surface area contributed by atoms with Crippen LogP contribution in [0, 0.1) is 56.2 Å². The predicted octanol–water partition coefficient (Wildman–Crippen LogP) is 11.5. The maximum absolute atomic E-state index is 12.8. The number of carbonyl (C=O) groups is 1. The highest BCUT2D eigenvalue weighted by molar-refractivity contribution is 5.78. The molecule has 2 unspecified atom stereocenters. The highest BCUT2D eigenvalue weighted by Crippen LogP contribution is 2.63. The number of nitrogens with zero attached hydrogens (tertiary/aromatic N) is 2. The third-order valence-corrected chi connectivity index (χ3v) is 14.6. The van der Waals surface area contributed by atoms with E-state index >= 15 is 0 Å². The number of Topliss-reactive ketones (excluding diaryl/α,β-unsaturated/α-hetero) is 1. The predicted molar refractivity (Wildman–Crippen MR) is 195 cm³/mol. The van der Waals surface area contributed by atoms with Crippen LogP contribution in [-0.2, 0) is 30.5 Å². The minimum atomic E-state index is 0.108. The lowest BCUT2D eigenvalue weighted by Crippen LogP contribution is -2.45. The summed E-state index contributed by atoms with van der Waals surface area (Å²) in [6.07, 6.45) is 25.0. The number of benzene rings is 2. The highest BCUT2D eigenvalue weighted by Gasteiger charge is 2.52. The van der Waals surface area contributed by atoms with Crippen molar-refractivity contribution in [1.82, 2.24) is 0 Å². The molecule has 3 heteroatoms. The number of nitriles is 2. The van der Waals surface area contributed by atoms with Gasteiger partial charge in [0, 0.05) is 12.8 Å². The minimum Gasteiger partial charge on any atom is -0.300 e. The van der Waals surface area contributed by atoms with Crippen LogP contribution in [0.15, 0.2) is 48.5 Å². The topological polar surface area (TPSA) is 64.7 Å². The van der Waals surface area contributed by atoms with Gasteiger partial charge in [0.25, 0.3) is 0 Å². The summed E-state index contributed by atoms with van der Waals surface area (Å²) in [6.45, 7) is 4.63. The van der Waals surface area contributed by atoms with Gasteiger partial charge in [0.1, 0.15) is 5.78 Å². The number of carbonyl (C=O) groups excluding carboxylic acids is 1. The Labute approximate surface area is 291 Å². The molecule has 0 saturated heterocycles. The van der Waals surface area contributed by atoms with Crippen LogP contribution in [0.5, 0.6) is 0 Å². The second-order valence-electron chi connectivity index (χ2n) is 17.2. The number of fused-ring (bicyclic) bond motifs is 6. The van der Waals surface area contributed by atoms with Crippen molar-refractivity contribution in [2.75, 3.05) is 0 Å². The smallest absolute Gasteiger partial charge is 0.133 e. The fraction of sp³-hybridized carbons (Fsp3) is 0.667. The van der Waals surface area contributed by atoms with Gasteiger partial charge in [-0.1, -0.05) is 75.2 Å². The van der Waals surface area contributed by atoms with E-state index < -0.39 is 0 Å². The lowest BCUT2D eigenvalue weighted by atomic mass is 9.49. The third kappa shape index (κ3) is 7.47. The largest absolute Gasteiger partial charge is 0.300 e. The van der Waals surface area contributed by atoms with E-state index in [0.717, 1.165) is 25.7 Å². The second-order valence-corrected chi connectivity index (χ2v) is 17.2. The quantitative estimate of drug-likeness (QED) is 0.183. The number of aryl methyl sites for hydroxylation is 2. The first-order valence-corrected chi connectivity index (χ1v) is 19.8. The molecule has 6 aliphatic carbocycles. The zero-order valence-electron chi connectivity index (χ0n) is 30.1. The lowest BCUT2D eigenvalue weighted by molar-refractivity contribution is -0.119. The molecule has 0 amide bonds. The van der Waals surface area contributed by atoms with Crippen LogP contribution in [0.25, 0.3) is 0 Å². The molecule has 0 spiro atoms. The molecule has 6 fully saturated rings. The second kappa shape index (κ2) is 14.9. The van der Waals surface area contributed by atoms with Crippen molar-refractivity contribution in [1.29, 1.82) is 10.5 Å². The van der Waals surface area contributed by atoms with Crippen molar-refractivity contribution in [3.8, 4) is 12.1 Å². The first-order chi connectivity index (χ1) is 23.3. The maximum atomic E-state index is 12.8. The summed E-state index contributed by atoms with van der Waals surface area (Å²) < 4.78 is 0. The molecule has 2 aromatic carbocycles. The molecule has 0 aromatic heterocycles. The Morgan fingerprint density at radius 1 is 0.562 bits per heavy atom. The average molecular weight is 645 g/mol. The minimum absolute atomic E-state index is 0.108. The van der Waals surface area contributed by atoms with Crippen LogP contribution >= 0.6 is 0 Å². The van der Waals surface area contributed by atoms with Gasteiger partial charge in [0.2, 0.25) is 0 Å². The van der Waals surface area contributed by atoms with Gasteiger partial charge < -0.3 is 0 Å². The van der Waals surface area contributed by atoms with E-state index in [0.29, 0.717) is 29.5 Å². The summed E-state index contributed by atoms with van der Waals surface area (Å²) in [5, 5.41) is 20.4. The Morgan fingerprint density at radius 3 is 1.17 bits per heavy atom. The number of ketones is 1. The first kappa shape index (κ1) is 34.9.